The smallest absolute Gasteiger partial charge is 0.216 e. The molecule has 3 N–H and O–H groups in total. The van der Waals surface area contributed by atoms with E-state index in [2.05, 4.69) is 35.7 Å². The van der Waals surface area contributed by atoms with Crippen molar-refractivity contribution >= 4 is 35.6 Å². The molecule has 1 fully saturated rings. The van der Waals surface area contributed by atoms with Gasteiger partial charge in [-0.05, 0) is 62.6 Å². The number of H-pyrrole nitrogens is 1. The van der Waals surface area contributed by atoms with E-state index in [4.69, 9.17) is 4.42 Å². The number of rotatable bonds is 6. The number of furan rings is 1. The zero-order valence-electron chi connectivity index (χ0n) is 18.3. The van der Waals surface area contributed by atoms with Crippen molar-refractivity contribution in [3.8, 4) is 11.6 Å². The SMILES string of the molecule is CCNC(=NCc1nc(-c2ccco2)n[nH]1)NC1CCCN(c2ccc(F)cc2C)C1.I. The first-order valence-corrected chi connectivity index (χ1v) is 10.6. The van der Waals surface area contributed by atoms with Crippen molar-refractivity contribution in [3.63, 3.8) is 0 Å². The number of hydrogen-bond donors (Lipinski definition) is 3. The molecule has 0 bridgehead atoms. The van der Waals surface area contributed by atoms with Gasteiger partial charge in [-0.1, -0.05) is 0 Å². The second-order valence-corrected chi connectivity index (χ2v) is 7.64. The van der Waals surface area contributed by atoms with E-state index in [1.807, 2.05) is 26.0 Å². The second kappa shape index (κ2) is 11.3. The predicted molar refractivity (Wildman–Crippen MR) is 134 cm³/mol. The molecular weight excluding hydrogens is 524 g/mol. The summed E-state index contributed by atoms with van der Waals surface area (Å²) in [6.07, 6.45) is 3.70. The van der Waals surface area contributed by atoms with E-state index in [0.29, 0.717) is 24.0 Å². The molecule has 172 valence electrons. The van der Waals surface area contributed by atoms with Crippen LogP contribution in [-0.4, -0.2) is 46.8 Å². The van der Waals surface area contributed by atoms with Crippen molar-refractivity contribution in [2.24, 2.45) is 4.99 Å². The van der Waals surface area contributed by atoms with Gasteiger partial charge >= 0.3 is 0 Å². The molecule has 1 saturated heterocycles. The minimum absolute atomic E-state index is 0. The Hall–Kier alpha value is -2.63. The molecule has 10 heteroatoms. The van der Waals surface area contributed by atoms with E-state index in [0.717, 1.165) is 49.7 Å². The highest BCUT2D eigenvalue weighted by atomic mass is 127. The molecule has 1 aliphatic heterocycles. The average Bonchev–Trinajstić information content (AvgIpc) is 3.44. The van der Waals surface area contributed by atoms with Gasteiger partial charge in [-0.15, -0.1) is 29.1 Å². The second-order valence-electron chi connectivity index (χ2n) is 7.64. The van der Waals surface area contributed by atoms with E-state index in [9.17, 15) is 4.39 Å². The monoisotopic (exact) mass is 553 g/mol. The van der Waals surface area contributed by atoms with E-state index in [1.54, 1.807) is 18.4 Å². The quantitative estimate of drug-likeness (QED) is 0.244. The molecule has 0 saturated carbocycles. The molecule has 1 aliphatic rings. The highest BCUT2D eigenvalue weighted by Gasteiger charge is 2.22. The van der Waals surface area contributed by atoms with Crippen LogP contribution in [0, 0.1) is 12.7 Å². The first-order valence-electron chi connectivity index (χ1n) is 10.6. The Morgan fingerprint density at radius 2 is 2.25 bits per heavy atom. The Morgan fingerprint density at radius 3 is 3.00 bits per heavy atom. The van der Waals surface area contributed by atoms with Crippen LogP contribution < -0.4 is 15.5 Å². The molecule has 3 aromatic rings. The van der Waals surface area contributed by atoms with E-state index in [1.165, 1.54) is 6.07 Å². The normalized spacial score (nSPS) is 16.5. The van der Waals surface area contributed by atoms with Gasteiger partial charge in [0, 0.05) is 31.4 Å². The third kappa shape index (κ3) is 5.99. The lowest BCUT2D eigenvalue weighted by atomic mass is 10.0. The highest BCUT2D eigenvalue weighted by molar-refractivity contribution is 14.0. The Morgan fingerprint density at radius 1 is 1.38 bits per heavy atom. The van der Waals surface area contributed by atoms with Crippen LogP contribution in [0.15, 0.2) is 46.0 Å². The summed E-state index contributed by atoms with van der Waals surface area (Å²) in [5.74, 6) is 2.34. The fourth-order valence-corrected chi connectivity index (χ4v) is 3.84. The van der Waals surface area contributed by atoms with Crippen LogP contribution in [0.4, 0.5) is 10.1 Å². The molecule has 1 unspecified atom stereocenters. The number of aromatic nitrogens is 3. The average molecular weight is 553 g/mol. The Labute approximate surface area is 204 Å². The van der Waals surface area contributed by atoms with Crippen LogP contribution >= 0.6 is 24.0 Å². The maximum atomic E-state index is 13.5. The number of anilines is 1. The predicted octanol–water partition coefficient (Wildman–Crippen LogP) is 3.85. The third-order valence-corrected chi connectivity index (χ3v) is 5.27. The molecule has 0 aliphatic carbocycles. The van der Waals surface area contributed by atoms with Gasteiger partial charge in [0.2, 0.25) is 5.82 Å². The van der Waals surface area contributed by atoms with Crippen LogP contribution in [0.5, 0.6) is 0 Å². The van der Waals surface area contributed by atoms with Gasteiger partial charge in [0.25, 0.3) is 0 Å². The Bertz CT molecular complexity index is 1020. The van der Waals surface area contributed by atoms with Gasteiger partial charge in [0.1, 0.15) is 18.2 Å². The first-order chi connectivity index (χ1) is 15.1. The van der Waals surface area contributed by atoms with Gasteiger partial charge in [-0.25, -0.2) is 14.4 Å². The van der Waals surface area contributed by atoms with Crippen molar-refractivity contribution in [2.45, 2.75) is 39.3 Å². The Kier molecular flexibility index (Phi) is 8.48. The molecule has 8 nitrogen and oxygen atoms in total. The standard InChI is InChI=1S/C22H28FN7O.HI/c1-3-24-22(25-13-20-27-21(29-28-20)19-7-5-11-31-19)26-17-6-4-10-30(14-17)18-9-8-16(23)12-15(18)2;/h5,7-9,11-12,17H,3-4,6,10,13-14H2,1-2H3,(H2,24,25,26)(H,27,28,29);1H. The lowest BCUT2D eigenvalue weighted by Crippen LogP contribution is -2.51. The molecule has 0 spiro atoms. The third-order valence-electron chi connectivity index (χ3n) is 5.27. The van der Waals surface area contributed by atoms with Gasteiger partial charge in [-0.3, -0.25) is 5.10 Å². The summed E-state index contributed by atoms with van der Waals surface area (Å²) >= 11 is 0. The number of nitrogens with one attached hydrogen (secondary N) is 3. The minimum atomic E-state index is -0.197. The summed E-state index contributed by atoms with van der Waals surface area (Å²) in [7, 11) is 0. The van der Waals surface area contributed by atoms with Crippen LogP contribution in [0.25, 0.3) is 11.6 Å². The van der Waals surface area contributed by atoms with Gasteiger partial charge in [0.15, 0.2) is 11.7 Å². The number of halogens is 2. The van der Waals surface area contributed by atoms with Crippen molar-refractivity contribution in [1.82, 2.24) is 25.8 Å². The zero-order chi connectivity index (χ0) is 21.6. The number of guanidine groups is 1. The lowest BCUT2D eigenvalue weighted by molar-refractivity contribution is 0.467. The molecule has 1 aromatic carbocycles. The van der Waals surface area contributed by atoms with E-state index in [-0.39, 0.29) is 35.8 Å². The molecule has 3 heterocycles. The molecule has 4 rings (SSSR count). The van der Waals surface area contributed by atoms with Crippen LogP contribution in [0.1, 0.15) is 31.2 Å². The summed E-state index contributed by atoms with van der Waals surface area (Å²) in [5, 5.41) is 13.9. The number of piperidine rings is 1. The summed E-state index contributed by atoms with van der Waals surface area (Å²) in [6.45, 7) is 6.92. The fourth-order valence-electron chi connectivity index (χ4n) is 3.84. The summed E-state index contributed by atoms with van der Waals surface area (Å²) < 4.78 is 18.8. The van der Waals surface area contributed by atoms with Crippen LogP contribution in [0.3, 0.4) is 0 Å². The van der Waals surface area contributed by atoms with Crippen molar-refractivity contribution in [1.29, 1.82) is 0 Å². The van der Waals surface area contributed by atoms with Gasteiger partial charge in [0.05, 0.1) is 6.26 Å². The van der Waals surface area contributed by atoms with Crippen molar-refractivity contribution in [3.05, 3.63) is 53.8 Å². The van der Waals surface area contributed by atoms with Gasteiger partial charge < -0.3 is 20.0 Å². The topological polar surface area (TPSA) is 94.4 Å². The van der Waals surface area contributed by atoms with Crippen LogP contribution in [-0.2, 0) is 6.54 Å². The molecule has 2 aromatic heterocycles. The molecule has 32 heavy (non-hydrogen) atoms. The molecule has 0 radical (unpaired) electrons. The highest BCUT2D eigenvalue weighted by Crippen LogP contribution is 2.24. The zero-order valence-corrected chi connectivity index (χ0v) is 20.6. The minimum Gasteiger partial charge on any atom is -0.461 e. The van der Waals surface area contributed by atoms with E-state index >= 15 is 0 Å². The van der Waals surface area contributed by atoms with Crippen LogP contribution in [0.2, 0.25) is 0 Å². The number of aromatic amines is 1. The molecular formula is C22H29FIN7O. The first kappa shape index (κ1) is 24.0. The Balaban J connectivity index is 0.00000289. The number of hydrogen-bond acceptors (Lipinski definition) is 5. The maximum absolute atomic E-state index is 13.5. The fraction of sp³-hybridized carbons (Fsp3) is 0.409. The number of aliphatic imine (C=N–C) groups is 1. The molecule has 1 atom stereocenters. The summed E-state index contributed by atoms with van der Waals surface area (Å²) in [4.78, 5) is 11.4. The number of aryl methyl sites for hydroxylation is 1. The summed E-state index contributed by atoms with van der Waals surface area (Å²) in [6, 6.07) is 8.85. The number of nitrogens with zero attached hydrogens (tertiary/aromatic N) is 4. The maximum Gasteiger partial charge on any atom is 0.216 e. The van der Waals surface area contributed by atoms with E-state index < -0.39 is 0 Å². The summed E-state index contributed by atoms with van der Waals surface area (Å²) in [5.41, 5.74) is 2.04. The largest absolute Gasteiger partial charge is 0.461 e. The molecule has 0 amide bonds. The van der Waals surface area contributed by atoms with Gasteiger partial charge in [-0.2, -0.15) is 0 Å². The van der Waals surface area contributed by atoms with Crippen molar-refractivity contribution < 1.29 is 8.81 Å². The number of benzene rings is 1. The van der Waals surface area contributed by atoms with Crippen molar-refractivity contribution in [2.75, 3.05) is 24.5 Å². The lowest BCUT2D eigenvalue weighted by Gasteiger charge is -2.36.